The van der Waals surface area contributed by atoms with Crippen LogP contribution in [-0.2, 0) is 11.2 Å². The van der Waals surface area contributed by atoms with E-state index in [2.05, 4.69) is 16.0 Å². The van der Waals surface area contributed by atoms with Crippen molar-refractivity contribution in [3.8, 4) is 0 Å². The average molecular weight is 324 g/mol. The highest BCUT2D eigenvalue weighted by Gasteiger charge is 2.29. The maximum atomic E-state index is 12.7. The van der Waals surface area contributed by atoms with Crippen LogP contribution >= 0.6 is 0 Å². The van der Waals surface area contributed by atoms with Gasteiger partial charge in [-0.1, -0.05) is 6.07 Å². The van der Waals surface area contributed by atoms with Crippen LogP contribution in [0.15, 0.2) is 42.9 Å². The van der Waals surface area contributed by atoms with E-state index in [0.717, 1.165) is 37.2 Å². The van der Waals surface area contributed by atoms with Gasteiger partial charge in [0.2, 0.25) is 5.91 Å². The van der Waals surface area contributed by atoms with Crippen molar-refractivity contribution in [1.82, 2.24) is 14.9 Å². The predicted molar refractivity (Wildman–Crippen MR) is 94.8 cm³/mol. The molecule has 24 heavy (non-hydrogen) atoms. The smallest absolute Gasteiger partial charge is 0.223 e. The third kappa shape index (κ3) is 3.72. The summed E-state index contributed by atoms with van der Waals surface area (Å²) in [6, 6.07) is 8.24. The molecule has 0 radical (unpaired) electrons. The van der Waals surface area contributed by atoms with Gasteiger partial charge in [-0.15, -0.1) is 0 Å². The molecule has 3 rings (SSSR count). The lowest BCUT2D eigenvalue weighted by atomic mass is 10.0. The van der Waals surface area contributed by atoms with Crippen molar-refractivity contribution in [2.75, 3.05) is 25.5 Å². The number of pyridine rings is 2. The summed E-state index contributed by atoms with van der Waals surface area (Å²) >= 11 is 0. The first-order valence-corrected chi connectivity index (χ1v) is 8.47. The fraction of sp³-hybridized carbons (Fsp3) is 0.421. The molecule has 126 valence electrons. The molecule has 1 fully saturated rings. The fourth-order valence-corrected chi connectivity index (χ4v) is 3.24. The summed E-state index contributed by atoms with van der Waals surface area (Å²) in [7, 11) is 3.97. The fourth-order valence-electron chi connectivity index (χ4n) is 3.24. The van der Waals surface area contributed by atoms with Gasteiger partial charge in [0, 0.05) is 45.7 Å². The zero-order chi connectivity index (χ0) is 16.9. The number of anilines is 1. The number of carbonyl (C=O) groups is 1. The van der Waals surface area contributed by atoms with E-state index in [1.54, 1.807) is 6.20 Å². The van der Waals surface area contributed by atoms with Crippen LogP contribution in [-0.4, -0.2) is 41.4 Å². The largest absolute Gasteiger partial charge is 0.363 e. The normalized spacial score (nSPS) is 17.1. The molecule has 0 bridgehead atoms. The second-order valence-electron chi connectivity index (χ2n) is 6.45. The first-order chi connectivity index (χ1) is 11.6. The average Bonchev–Trinajstić information content (AvgIpc) is 3.10. The van der Waals surface area contributed by atoms with E-state index in [0.29, 0.717) is 6.42 Å². The molecular weight excluding hydrogens is 300 g/mol. The number of aryl methyl sites for hydroxylation is 1. The van der Waals surface area contributed by atoms with Crippen LogP contribution in [0.5, 0.6) is 0 Å². The first-order valence-electron chi connectivity index (χ1n) is 8.47. The summed E-state index contributed by atoms with van der Waals surface area (Å²) in [4.78, 5) is 25.2. The van der Waals surface area contributed by atoms with E-state index in [1.807, 2.05) is 54.5 Å². The van der Waals surface area contributed by atoms with Crippen LogP contribution in [0.1, 0.15) is 36.4 Å². The van der Waals surface area contributed by atoms with Gasteiger partial charge >= 0.3 is 0 Å². The predicted octanol–water partition coefficient (Wildman–Crippen LogP) is 2.84. The van der Waals surface area contributed by atoms with E-state index in [9.17, 15) is 4.79 Å². The molecule has 1 aliphatic rings. The number of amides is 1. The van der Waals surface area contributed by atoms with Crippen molar-refractivity contribution in [3.63, 3.8) is 0 Å². The van der Waals surface area contributed by atoms with Crippen LogP contribution in [0.25, 0.3) is 0 Å². The lowest BCUT2D eigenvalue weighted by molar-refractivity contribution is -0.132. The van der Waals surface area contributed by atoms with Gasteiger partial charge in [0.15, 0.2) is 0 Å². The number of carbonyl (C=O) groups excluding carboxylic acids is 1. The third-order valence-corrected chi connectivity index (χ3v) is 4.54. The van der Waals surface area contributed by atoms with Crippen molar-refractivity contribution in [1.29, 1.82) is 0 Å². The van der Waals surface area contributed by atoms with Crippen LogP contribution < -0.4 is 4.90 Å². The van der Waals surface area contributed by atoms with Crippen molar-refractivity contribution in [3.05, 3.63) is 54.0 Å². The maximum Gasteiger partial charge on any atom is 0.223 e. The van der Waals surface area contributed by atoms with E-state index >= 15 is 0 Å². The van der Waals surface area contributed by atoms with Gasteiger partial charge in [-0.2, -0.15) is 0 Å². The highest BCUT2D eigenvalue weighted by Crippen LogP contribution is 2.33. The molecule has 1 amide bonds. The Morgan fingerprint density at radius 1 is 1.33 bits per heavy atom. The Kier molecular flexibility index (Phi) is 5.08. The van der Waals surface area contributed by atoms with Gasteiger partial charge in [0.1, 0.15) is 5.82 Å². The van der Waals surface area contributed by atoms with Gasteiger partial charge in [-0.3, -0.25) is 9.78 Å². The summed E-state index contributed by atoms with van der Waals surface area (Å²) < 4.78 is 0. The molecule has 0 unspecified atom stereocenters. The quantitative estimate of drug-likeness (QED) is 0.848. The molecule has 0 aromatic carbocycles. The molecular formula is C19H24N4O. The highest BCUT2D eigenvalue weighted by molar-refractivity contribution is 5.77. The Labute approximate surface area is 143 Å². The topological polar surface area (TPSA) is 49.3 Å². The van der Waals surface area contributed by atoms with Gasteiger partial charge < -0.3 is 9.80 Å². The molecule has 0 saturated carbocycles. The summed E-state index contributed by atoms with van der Waals surface area (Å²) in [6.45, 7) is 0.843. The van der Waals surface area contributed by atoms with Gasteiger partial charge in [-0.25, -0.2) is 4.98 Å². The van der Waals surface area contributed by atoms with Crippen molar-refractivity contribution in [2.24, 2.45) is 0 Å². The van der Waals surface area contributed by atoms with Crippen LogP contribution in [0.2, 0.25) is 0 Å². The molecule has 1 atom stereocenters. The van der Waals surface area contributed by atoms with Gasteiger partial charge in [0.05, 0.1) is 6.04 Å². The minimum atomic E-state index is 0.174. The number of likely N-dealkylation sites (tertiary alicyclic amines) is 1. The molecule has 2 aromatic heterocycles. The Balaban J connectivity index is 1.68. The van der Waals surface area contributed by atoms with E-state index < -0.39 is 0 Å². The summed E-state index contributed by atoms with van der Waals surface area (Å²) in [6.07, 6.45) is 8.79. The van der Waals surface area contributed by atoms with Gasteiger partial charge in [-0.05, 0) is 48.6 Å². The van der Waals surface area contributed by atoms with Crippen LogP contribution in [0.3, 0.4) is 0 Å². The maximum absolute atomic E-state index is 12.7. The van der Waals surface area contributed by atoms with Crippen molar-refractivity contribution >= 4 is 11.7 Å². The molecule has 5 nitrogen and oxygen atoms in total. The first kappa shape index (κ1) is 16.4. The number of rotatable bonds is 5. The molecule has 1 aliphatic heterocycles. The zero-order valence-corrected chi connectivity index (χ0v) is 14.4. The van der Waals surface area contributed by atoms with Crippen LogP contribution in [0, 0.1) is 0 Å². The molecule has 3 heterocycles. The second kappa shape index (κ2) is 7.43. The molecule has 0 N–H and O–H groups in total. The summed E-state index contributed by atoms with van der Waals surface area (Å²) in [5, 5.41) is 0. The minimum absolute atomic E-state index is 0.174. The van der Waals surface area contributed by atoms with E-state index in [-0.39, 0.29) is 11.9 Å². The number of aromatic nitrogens is 2. The van der Waals surface area contributed by atoms with Crippen LogP contribution in [0.4, 0.5) is 5.82 Å². The third-order valence-electron chi connectivity index (χ3n) is 4.54. The number of hydrogen-bond donors (Lipinski definition) is 0. The molecule has 0 aliphatic carbocycles. The minimum Gasteiger partial charge on any atom is -0.363 e. The monoisotopic (exact) mass is 324 g/mol. The van der Waals surface area contributed by atoms with Crippen molar-refractivity contribution in [2.45, 2.75) is 31.7 Å². The second-order valence-corrected chi connectivity index (χ2v) is 6.45. The zero-order valence-electron chi connectivity index (χ0n) is 14.4. The van der Waals surface area contributed by atoms with Crippen molar-refractivity contribution < 1.29 is 4.79 Å². The summed E-state index contributed by atoms with van der Waals surface area (Å²) in [5.41, 5.74) is 2.29. The SMILES string of the molecule is CN(C)c1cc([C@@H]2CCCN2C(=O)CCc2cccnc2)ccn1. The molecule has 5 heteroatoms. The molecule has 0 spiro atoms. The number of nitrogens with zero attached hydrogens (tertiary/aromatic N) is 4. The Hall–Kier alpha value is -2.43. The van der Waals surface area contributed by atoms with E-state index in [1.165, 1.54) is 5.56 Å². The molecule has 2 aromatic rings. The number of hydrogen-bond acceptors (Lipinski definition) is 4. The lowest BCUT2D eigenvalue weighted by Gasteiger charge is -2.26. The summed E-state index contributed by atoms with van der Waals surface area (Å²) in [5.74, 6) is 1.16. The highest BCUT2D eigenvalue weighted by atomic mass is 16.2. The Morgan fingerprint density at radius 2 is 2.21 bits per heavy atom. The Morgan fingerprint density at radius 3 is 2.96 bits per heavy atom. The van der Waals surface area contributed by atoms with E-state index in [4.69, 9.17) is 0 Å². The standard InChI is InChI=1S/C19H24N4O/c1-22(2)18-13-16(9-11-21-18)17-6-4-12-23(17)19(24)8-7-15-5-3-10-20-14-15/h3,5,9-11,13-14,17H,4,6-8,12H2,1-2H3/t17-/m0/s1. The molecule has 1 saturated heterocycles. The van der Waals surface area contributed by atoms with Gasteiger partial charge in [0.25, 0.3) is 0 Å². The Bertz CT molecular complexity index is 687. The lowest BCUT2D eigenvalue weighted by Crippen LogP contribution is -2.30.